The highest BCUT2D eigenvalue weighted by Gasteiger charge is 2.32. The fraction of sp³-hybridized carbons (Fsp3) is 0.409. The summed E-state index contributed by atoms with van der Waals surface area (Å²) in [6.07, 6.45) is 6.39. The van der Waals surface area contributed by atoms with Gasteiger partial charge in [0, 0.05) is 36.3 Å². The predicted molar refractivity (Wildman–Crippen MR) is 107 cm³/mol. The van der Waals surface area contributed by atoms with Crippen molar-refractivity contribution in [3.05, 3.63) is 53.2 Å². The zero-order chi connectivity index (χ0) is 20.0. The number of fused-ring (bicyclic) bond motifs is 1. The maximum absolute atomic E-state index is 13.2. The molecular weight excluding hydrogens is 368 g/mol. The van der Waals surface area contributed by atoms with E-state index in [9.17, 15) is 4.79 Å². The van der Waals surface area contributed by atoms with Gasteiger partial charge in [-0.1, -0.05) is 0 Å². The summed E-state index contributed by atoms with van der Waals surface area (Å²) >= 11 is 0. The molecule has 150 valence electrons. The van der Waals surface area contributed by atoms with Crippen LogP contribution < -0.4 is 4.74 Å². The lowest BCUT2D eigenvalue weighted by Gasteiger charge is -2.28. The van der Waals surface area contributed by atoms with Gasteiger partial charge >= 0.3 is 0 Å². The molecule has 1 fully saturated rings. The molecule has 3 heterocycles. The van der Waals surface area contributed by atoms with E-state index in [1.807, 2.05) is 30.0 Å². The summed E-state index contributed by atoms with van der Waals surface area (Å²) in [5.74, 6) is 1.53. The lowest BCUT2D eigenvalue weighted by Crippen LogP contribution is -2.36. The number of ether oxygens (including phenoxy) is 1. The van der Waals surface area contributed by atoms with Crippen LogP contribution in [-0.4, -0.2) is 39.2 Å². The molecular formula is C22H24N4O3. The van der Waals surface area contributed by atoms with E-state index in [0.29, 0.717) is 18.7 Å². The number of nitrogens with zero attached hydrogens (tertiary/aromatic N) is 4. The predicted octanol–water partition coefficient (Wildman–Crippen LogP) is 3.46. The lowest BCUT2D eigenvalue weighted by molar-refractivity contribution is 0.0732. The Balaban J connectivity index is 1.46. The van der Waals surface area contributed by atoms with E-state index in [0.717, 1.165) is 47.1 Å². The topological polar surface area (TPSA) is 73.4 Å². The number of benzene rings is 1. The molecule has 7 nitrogen and oxygen atoms in total. The summed E-state index contributed by atoms with van der Waals surface area (Å²) in [4.78, 5) is 19.5. The summed E-state index contributed by atoms with van der Waals surface area (Å²) in [6, 6.07) is 5.59. The minimum absolute atomic E-state index is 0.0387. The highest BCUT2D eigenvalue weighted by atomic mass is 16.5. The molecule has 7 heteroatoms. The quantitative estimate of drug-likeness (QED) is 0.665. The van der Waals surface area contributed by atoms with Crippen LogP contribution in [0.25, 0.3) is 11.4 Å². The molecule has 0 atom stereocenters. The minimum Gasteiger partial charge on any atom is -0.497 e. The van der Waals surface area contributed by atoms with Gasteiger partial charge in [-0.3, -0.25) is 9.48 Å². The summed E-state index contributed by atoms with van der Waals surface area (Å²) in [7, 11) is 1.63. The van der Waals surface area contributed by atoms with Crippen LogP contribution >= 0.6 is 0 Å². The monoisotopic (exact) mass is 392 g/mol. The normalized spacial score (nSPS) is 16.0. The van der Waals surface area contributed by atoms with Gasteiger partial charge in [0.2, 0.25) is 0 Å². The standard InChI is InChI=1S/C22H24N4O3/c1-14-9-16(28-2)5-6-17(14)22(27)25-8-7-20-18(11-25)21(19-12-29-13-23-19)24-26(20)10-15-3-4-15/h5-6,9,12-13,15H,3-4,7-8,10-11H2,1-2H3. The first kappa shape index (κ1) is 18.0. The largest absolute Gasteiger partial charge is 0.497 e. The third-order valence-corrected chi connectivity index (χ3v) is 5.89. The van der Waals surface area contributed by atoms with Crippen LogP contribution in [0.1, 0.15) is 40.0 Å². The lowest BCUT2D eigenvalue weighted by atomic mass is 10.0. The van der Waals surface area contributed by atoms with Gasteiger partial charge < -0.3 is 14.1 Å². The van der Waals surface area contributed by atoms with Gasteiger partial charge in [0.15, 0.2) is 6.39 Å². The van der Waals surface area contributed by atoms with Gasteiger partial charge in [0.1, 0.15) is 23.4 Å². The van der Waals surface area contributed by atoms with Crippen molar-refractivity contribution in [2.45, 2.75) is 39.3 Å². The van der Waals surface area contributed by atoms with Crippen molar-refractivity contribution in [1.82, 2.24) is 19.7 Å². The zero-order valence-corrected chi connectivity index (χ0v) is 16.7. The molecule has 0 spiro atoms. The van der Waals surface area contributed by atoms with Crippen LogP contribution in [0.15, 0.2) is 35.3 Å². The van der Waals surface area contributed by atoms with Crippen molar-refractivity contribution < 1.29 is 13.9 Å². The van der Waals surface area contributed by atoms with E-state index < -0.39 is 0 Å². The van der Waals surface area contributed by atoms with E-state index in [-0.39, 0.29) is 5.91 Å². The summed E-state index contributed by atoms with van der Waals surface area (Å²) in [6.45, 7) is 4.11. The molecule has 0 radical (unpaired) electrons. The molecule has 5 rings (SSSR count). The molecule has 1 amide bonds. The van der Waals surface area contributed by atoms with Crippen molar-refractivity contribution >= 4 is 5.91 Å². The molecule has 0 unspecified atom stereocenters. The first-order chi connectivity index (χ1) is 14.1. The van der Waals surface area contributed by atoms with Crippen LogP contribution in [-0.2, 0) is 19.5 Å². The van der Waals surface area contributed by atoms with Crippen LogP contribution in [0.2, 0.25) is 0 Å². The molecule has 0 bridgehead atoms. The number of oxazole rings is 1. The maximum Gasteiger partial charge on any atom is 0.254 e. The third kappa shape index (κ3) is 3.30. The average molecular weight is 392 g/mol. The highest BCUT2D eigenvalue weighted by molar-refractivity contribution is 5.96. The van der Waals surface area contributed by atoms with Crippen molar-refractivity contribution in [3.63, 3.8) is 0 Å². The van der Waals surface area contributed by atoms with Crippen molar-refractivity contribution in [3.8, 4) is 17.1 Å². The van der Waals surface area contributed by atoms with Gasteiger partial charge in [-0.05, 0) is 49.4 Å². The molecule has 3 aromatic rings. The second-order valence-electron chi connectivity index (χ2n) is 7.93. The number of amides is 1. The Labute approximate surface area is 169 Å². The third-order valence-electron chi connectivity index (χ3n) is 5.89. The molecule has 29 heavy (non-hydrogen) atoms. The Morgan fingerprint density at radius 2 is 2.21 bits per heavy atom. The first-order valence-corrected chi connectivity index (χ1v) is 10.0. The van der Waals surface area contributed by atoms with Crippen LogP contribution in [0, 0.1) is 12.8 Å². The van der Waals surface area contributed by atoms with Crippen LogP contribution in [0.3, 0.4) is 0 Å². The average Bonchev–Trinajstić information content (AvgIpc) is 3.25. The van der Waals surface area contributed by atoms with Crippen molar-refractivity contribution in [1.29, 1.82) is 0 Å². The Morgan fingerprint density at radius 3 is 2.90 bits per heavy atom. The van der Waals surface area contributed by atoms with Crippen LogP contribution in [0.5, 0.6) is 5.75 Å². The van der Waals surface area contributed by atoms with E-state index >= 15 is 0 Å². The molecule has 0 saturated heterocycles. The molecule has 0 N–H and O–H groups in total. The molecule has 1 aliphatic heterocycles. The first-order valence-electron chi connectivity index (χ1n) is 10.0. The fourth-order valence-electron chi connectivity index (χ4n) is 4.07. The zero-order valence-electron chi connectivity index (χ0n) is 16.7. The molecule has 1 aliphatic carbocycles. The Bertz CT molecular complexity index is 1050. The van der Waals surface area contributed by atoms with Crippen LogP contribution in [0.4, 0.5) is 0 Å². The summed E-state index contributed by atoms with van der Waals surface area (Å²) in [5.41, 5.74) is 5.50. The molecule has 2 aromatic heterocycles. The molecule has 1 saturated carbocycles. The van der Waals surface area contributed by atoms with E-state index in [2.05, 4.69) is 9.67 Å². The number of aromatic nitrogens is 3. The Kier molecular flexibility index (Phi) is 4.38. The summed E-state index contributed by atoms with van der Waals surface area (Å²) < 4.78 is 12.6. The number of carbonyl (C=O) groups is 1. The number of hydrogen-bond donors (Lipinski definition) is 0. The maximum atomic E-state index is 13.2. The highest BCUT2D eigenvalue weighted by Crippen LogP contribution is 2.35. The van der Waals surface area contributed by atoms with Gasteiger partial charge in [0.05, 0.1) is 13.7 Å². The van der Waals surface area contributed by atoms with E-state index in [1.165, 1.54) is 24.9 Å². The fourth-order valence-corrected chi connectivity index (χ4v) is 4.07. The number of rotatable bonds is 5. The number of aryl methyl sites for hydroxylation is 1. The SMILES string of the molecule is COc1ccc(C(=O)N2CCc3c(c(-c4cocn4)nn3CC3CC3)C2)c(C)c1. The number of methoxy groups -OCH3 is 1. The van der Waals surface area contributed by atoms with Crippen molar-refractivity contribution in [2.24, 2.45) is 5.92 Å². The number of hydrogen-bond acceptors (Lipinski definition) is 5. The van der Waals surface area contributed by atoms with Crippen molar-refractivity contribution in [2.75, 3.05) is 13.7 Å². The smallest absolute Gasteiger partial charge is 0.254 e. The van der Waals surface area contributed by atoms with Gasteiger partial charge in [-0.2, -0.15) is 5.10 Å². The summed E-state index contributed by atoms with van der Waals surface area (Å²) in [5, 5.41) is 4.86. The second-order valence-corrected chi connectivity index (χ2v) is 7.93. The molecule has 1 aromatic carbocycles. The van der Waals surface area contributed by atoms with Gasteiger partial charge in [-0.15, -0.1) is 0 Å². The minimum atomic E-state index is 0.0387. The Hall–Kier alpha value is -3.09. The molecule has 2 aliphatic rings. The van der Waals surface area contributed by atoms with Gasteiger partial charge in [0.25, 0.3) is 5.91 Å². The van der Waals surface area contributed by atoms with E-state index in [4.69, 9.17) is 14.3 Å². The van der Waals surface area contributed by atoms with Gasteiger partial charge in [-0.25, -0.2) is 4.98 Å². The number of carbonyl (C=O) groups excluding carboxylic acids is 1. The Morgan fingerprint density at radius 1 is 1.34 bits per heavy atom. The van der Waals surface area contributed by atoms with E-state index in [1.54, 1.807) is 13.4 Å². The second kappa shape index (κ2) is 7.06.